The second-order valence-corrected chi connectivity index (χ2v) is 2.43. The van der Waals surface area contributed by atoms with E-state index in [1.165, 1.54) is 0 Å². The smallest absolute Gasteiger partial charge is 0.0419 e. The molecule has 53 valence electrons. The summed E-state index contributed by atoms with van der Waals surface area (Å²) in [7, 11) is 0. The lowest BCUT2D eigenvalue weighted by Crippen LogP contribution is -2.07. The van der Waals surface area contributed by atoms with Crippen LogP contribution < -0.4 is 5.73 Å². The van der Waals surface area contributed by atoms with Crippen LogP contribution in [0.25, 0.3) is 0 Å². The second kappa shape index (κ2) is 3.32. The Morgan fingerprint density at radius 3 is 2.90 bits per heavy atom. The van der Waals surface area contributed by atoms with E-state index in [1.54, 1.807) is 6.20 Å². The number of aromatic nitrogens is 1. The summed E-state index contributed by atoms with van der Waals surface area (Å²) in [6.45, 7) is 1.87. The molecule has 2 nitrogen and oxygen atoms in total. The minimum atomic E-state index is -0.0464. The number of hydrogen-bond donors (Lipinski definition) is 0. The van der Waals surface area contributed by atoms with Gasteiger partial charge in [-0.3, -0.25) is 10.7 Å². The molecule has 0 saturated carbocycles. The van der Waals surface area contributed by atoms with E-state index in [4.69, 9.17) is 5.73 Å². The quantitative estimate of drug-likeness (QED) is 0.602. The van der Waals surface area contributed by atoms with Gasteiger partial charge in [0, 0.05) is 24.4 Å². The van der Waals surface area contributed by atoms with Crippen LogP contribution in [0.2, 0.25) is 0 Å². The lowest BCUT2D eigenvalue weighted by Gasteiger charge is -2.00. The number of nitrogens with one attached hydrogen (secondary N) is 1. The summed E-state index contributed by atoms with van der Waals surface area (Å²) in [5, 5.41) is 0. The minimum Gasteiger partial charge on any atom is -0.261 e. The first-order valence-corrected chi connectivity index (χ1v) is 3.40. The summed E-state index contributed by atoms with van der Waals surface area (Å²) in [5.74, 6) is 0. The fourth-order valence-corrected chi connectivity index (χ4v) is 0.833. The van der Waals surface area contributed by atoms with E-state index in [0.29, 0.717) is 0 Å². The zero-order valence-corrected chi connectivity index (χ0v) is 6.04. The van der Waals surface area contributed by atoms with Crippen LogP contribution in [0.5, 0.6) is 0 Å². The van der Waals surface area contributed by atoms with Gasteiger partial charge in [-0.05, 0) is 19.1 Å². The summed E-state index contributed by atoms with van der Waals surface area (Å²) in [6.07, 6.45) is 2.51. The van der Waals surface area contributed by atoms with Gasteiger partial charge in [0.1, 0.15) is 0 Å². The van der Waals surface area contributed by atoms with Crippen molar-refractivity contribution in [1.82, 2.24) is 10.7 Å². The molecule has 0 aliphatic carbocycles. The molecule has 0 amide bonds. The lowest BCUT2D eigenvalue weighted by molar-refractivity contribution is 0.700. The van der Waals surface area contributed by atoms with E-state index >= 15 is 0 Å². The fraction of sp³-hybridized carbons (Fsp3) is 0.375. The van der Waals surface area contributed by atoms with Gasteiger partial charge in [-0.2, -0.15) is 0 Å². The molecule has 1 radical (unpaired) electrons. The van der Waals surface area contributed by atoms with Gasteiger partial charge in [-0.15, -0.1) is 0 Å². The van der Waals surface area contributed by atoms with Gasteiger partial charge in [0.2, 0.25) is 0 Å². The predicted octanol–water partition coefficient (Wildman–Crippen LogP) is 1.30. The van der Waals surface area contributed by atoms with Crippen molar-refractivity contribution >= 4 is 0 Å². The molecule has 0 saturated heterocycles. The zero-order valence-electron chi connectivity index (χ0n) is 6.04. The molecule has 1 atom stereocenters. The number of nitrogens with zero attached hydrogens (tertiary/aromatic N) is 1. The van der Waals surface area contributed by atoms with Gasteiger partial charge >= 0.3 is 0 Å². The van der Waals surface area contributed by atoms with Gasteiger partial charge in [0.05, 0.1) is 0 Å². The standard InChI is InChI=1S/C8H11N2/c1-7(9)6-8-4-2-3-5-10-8/h2-5,7,9H,6H2,1H3. The Kier molecular flexibility index (Phi) is 2.40. The van der Waals surface area contributed by atoms with Crippen molar-refractivity contribution in [2.75, 3.05) is 0 Å². The first-order chi connectivity index (χ1) is 4.79. The predicted molar refractivity (Wildman–Crippen MR) is 40.5 cm³/mol. The Labute approximate surface area is 61.1 Å². The van der Waals surface area contributed by atoms with Crippen LogP contribution in [0.4, 0.5) is 0 Å². The van der Waals surface area contributed by atoms with E-state index < -0.39 is 0 Å². The van der Waals surface area contributed by atoms with Gasteiger partial charge in [-0.25, -0.2) is 0 Å². The maximum atomic E-state index is 7.28. The van der Waals surface area contributed by atoms with Gasteiger partial charge in [0.25, 0.3) is 0 Å². The molecule has 1 heterocycles. The topological polar surface area (TPSA) is 36.7 Å². The van der Waals surface area contributed by atoms with Gasteiger partial charge in [-0.1, -0.05) is 6.07 Å². The highest BCUT2D eigenvalue weighted by Gasteiger charge is 1.96. The molecule has 0 aliphatic rings. The second-order valence-electron chi connectivity index (χ2n) is 2.43. The molecule has 1 rings (SSSR count). The maximum absolute atomic E-state index is 7.28. The molecule has 1 aromatic rings. The Morgan fingerprint density at radius 1 is 1.60 bits per heavy atom. The van der Waals surface area contributed by atoms with Crippen molar-refractivity contribution in [3.63, 3.8) is 0 Å². The lowest BCUT2D eigenvalue weighted by atomic mass is 10.2. The van der Waals surface area contributed by atoms with Gasteiger partial charge in [0.15, 0.2) is 0 Å². The largest absolute Gasteiger partial charge is 0.261 e. The minimum absolute atomic E-state index is 0.0464. The van der Waals surface area contributed by atoms with Crippen LogP contribution in [0.15, 0.2) is 24.4 Å². The number of rotatable bonds is 2. The molecular weight excluding hydrogens is 124 g/mol. The average Bonchev–Trinajstić information content (AvgIpc) is 1.88. The summed E-state index contributed by atoms with van der Waals surface area (Å²) >= 11 is 0. The van der Waals surface area contributed by atoms with E-state index in [-0.39, 0.29) is 6.04 Å². The Balaban J connectivity index is 2.59. The summed E-state index contributed by atoms with van der Waals surface area (Å²) in [6, 6.07) is 5.74. The Morgan fingerprint density at radius 2 is 2.40 bits per heavy atom. The molecular formula is C8H11N2. The van der Waals surface area contributed by atoms with Crippen LogP contribution in [-0.2, 0) is 6.42 Å². The van der Waals surface area contributed by atoms with E-state index in [2.05, 4.69) is 4.98 Å². The molecule has 0 aromatic carbocycles. The SMILES string of the molecule is CC([NH])Cc1ccccn1. The summed E-state index contributed by atoms with van der Waals surface area (Å²) in [4.78, 5) is 4.10. The fourth-order valence-electron chi connectivity index (χ4n) is 0.833. The first kappa shape index (κ1) is 7.22. The van der Waals surface area contributed by atoms with Crippen molar-refractivity contribution in [1.29, 1.82) is 0 Å². The van der Waals surface area contributed by atoms with Gasteiger partial charge < -0.3 is 0 Å². The Bertz CT molecular complexity index is 182. The summed E-state index contributed by atoms with van der Waals surface area (Å²) in [5.41, 5.74) is 8.28. The molecule has 10 heavy (non-hydrogen) atoms. The third-order valence-electron chi connectivity index (χ3n) is 1.24. The molecule has 0 aliphatic heterocycles. The highest BCUT2D eigenvalue weighted by atomic mass is 14.7. The molecule has 0 fully saturated rings. The molecule has 1 unspecified atom stereocenters. The Hall–Kier alpha value is -0.890. The van der Waals surface area contributed by atoms with E-state index in [9.17, 15) is 0 Å². The molecule has 1 aromatic heterocycles. The maximum Gasteiger partial charge on any atom is 0.0419 e. The normalized spacial score (nSPS) is 13.0. The van der Waals surface area contributed by atoms with E-state index in [1.807, 2.05) is 25.1 Å². The van der Waals surface area contributed by atoms with Crippen LogP contribution in [0.1, 0.15) is 12.6 Å². The van der Waals surface area contributed by atoms with Crippen LogP contribution in [0, 0.1) is 0 Å². The number of hydrogen-bond acceptors (Lipinski definition) is 1. The molecule has 1 N–H and O–H groups in total. The van der Waals surface area contributed by atoms with Crippen molar-refractivity contribution in [3.05, 3.63) is 30.1 Å². The monoisotopic (exact) mass is 135 g/mol. The molecule has 2 heteroatoms. The molecule has 0 bridgehead atoms. The summed E-state index contributed by atoms with van der Waals surface area (Å²) < 4.78 is 0. The zero-order chi connectivity index (χ0) is 7.40. The average molecular weight is 135 g/mol. The van der Waals surface area contributed by atoms with Crippen molar-refractivity contribution in [2.45, 2.75) is 19.4 Å². The van der Waals surface area contributed by atoms with Crippen molar-refractivity contribution in [2.24, 2.45) is 0 Å². The highest BCUT2D eigenvalue weighted by Crippen LogP contribution is 1.96. The van der Waals surface area contributed by atoms with Crippen molar-refractivity contribution < 1.29 is 0 Å². The number of pyridine rings is 1. The third-order valence-corrected chi connectivity index (χ3v) is 1.24. The third kappa shape index (κ3) is 2.15. The van der Waals surface area contributed by atoms with Crippen molar-refractivity contribution in [3.8, 4) is 0 Å². The first-order valence-electron chi connectivity index (χ1n) is 3.40. The van der Waals surface area contributed by atoms with Crippen LogP contribution >= 0.6 is 0 Å². The molecule has 0 spiro atoms. The van der Waals surface area contributed by atoms with E-state index in [0.717, 1.165) is 12.1 Å². The van der Waals surface area contributed by atoms with Crippen LogP contribution in [-0.4, -0.2) is 11.0 Å². The highest BCUT2D eigenvalue weighted by molar-refractivity contribution is 5.04. The van der Waals surface area contributed by atoms with Crippen LogP contribution in [0.3, 0.4) is 0 Å².